The van der Waals surface area contributed by atoms with Crippen LogP contribution in [-0.4, -0.2) is 6.54 Å². The molecule has 0 bridgehead atoms. The van der Waals surface area contributed by atoms with Gasteiger partial charge in [0.25, 0.3) is 0 Å². The second-order valence-corrected chi connectivity index (χ2v) is 3.27. The van der Waals surface area contributed by atoms with Crippen LogP contribution in [0.25, 0.3) is 0 Å². The first-order valence-electron chi connectivity index (χ1n) is 4.16. The highest BCUT2D eigenvalue weighted by Gasteiger charge is 2.26. The molecule has 1 aromatic rings. The smallest absolute Gasteiger partial charge is 0.0358 e. The standard InChI is InChI=1S/C10H13N/c1-8-7-11-10(8)9-5-3-2-4-6-9/h2-6,8,10-11H,7H2,1H3/t8-,10+/m0/s1. The number of benzene rings is 1. The summed E-state index contributed by atoms with van der Waals surface area (Å²) in [7, 11) is 0. The van der Waals surface area contributed by atoms with E-state index in [-0.39, 0.29) is 0 Å². The quantitative estimate of drug-likeness (QED) is 0.640. The van der Waals surface area contributed by atoms with Gasteiger partial charge in [0.15, 0.2) is 0 Å². The molecular formula is C10H13N. The topological polar surface area (TPSA) is 12.0 Å². The molecule has 1 heteroatoms. The molecule has 11 heavy (non-hydrogen) atoms. The first-order valence-corrected chi connectivity index (χ1v) is 4.16. The zero-order chi connectivity index (χ0) is 7.68. The van der Waals surface area contributed by atoms with E-state index >= 15 is 0 Å². The van der Waals surface area contributed by atoms with Gasteiger partial charge in [-0.1, -0.05) is 37.3 Å². The van der Waals surface area contributed by atoms with Gasteiger partial charge in [-0.3, -0.25) is 0 Å². The van der Waals surface area contributed by atoms with Crippen LogP contribution in [0.4, 0.5) is 0 Å². The van der Waals surface area contributed by atoms with Crippen molar-refractivity contribution in [1.29, 1.82) is 0 Å². The molecule has 1 aliphatic heterocycles. The molecule has 1 nitrogen and oxygen atoms in total. The van der Waals surface area contributed by atoms with E-state index in [1.807, 2.05) is 0 Å². The van der Waals surface area contributed by atoms with Crippen molar-refractivity contribution < 1.29 is 0 Å². The minimum absolute atomic E-state index is 0.608. The summed E-state index contributed by atoms with van der Waals surface area (Å²) < 4.78 is 0. The Hall–Kier alpha value is -0.820. The highest BCUT2D eigenvalue weighted by Crippen LogP contribution is 2.27. The molecule has 1 N–H and O–H groups in total. The molecule has 0 amide bonds. The lowest BCUT2D eigenvalue weighted by atomic mass is 9.88. The summed E-state index contributed by atoms with van der Waals surface area (Å²) >= 11 is 0. The van der Waals surface area contributed by atoms with E-state index in [1.165, 1.54) is 12.1 Å². The highest BCUT2D eigenvalue weighted by atomic mass is 15.0. The molecule has 2 rings (SSSR count). The lowest BCUT2D eigenvalue weighted by Gasteiger charge is -2.35. The largest absolute Gasteiger partial charge is 0.309 e. The SMILES string of the molecule is C[C@H]1CN[C@H]1c1ccccc1. The number of nitrogens with one attached hydrogen (secondary N) is 1. The van der Waals surface area contributed by atoms with Gasteiger partial charge >= 0.3 is 0 Å². The molecule has 1 aromatic carbocycles. The average Bonchev–Trinajstić information content (AvgIpc) is 2.04. The van der Waals surface area contributed by atoms with Gasteiger partial charge < -0.3 is 5.32 Å². The van der Waals surface area contributed by atoms with Crippen LogP contribution in [0.15, 0.2) is 30.3 Å². The Bertz CT molecular complexity index is 230. The summed E-state index contributed by atoms with van der Waals surface area (Å²) in [6.45, 7) is 3.45. The van der Waals surface area contributed by atoms with Gasteiger partial charge in [-0.05, 0) is 11.5 Å². The summed E-state index contributed by atoms with van der Waals surface area (Å²) in [4.78, 5) is 0. The maximum Gasteiger partial charge on any atom is 0.0358 e. The Morgan fingerprint density at radius 2 is 2.00 bits per heavy atom. The van der Waals surface area contributed by atoms with Gasteiger partial charge in [0, 0.05) is 12.6 Å². The summed E-state index contributed by atoms with van der Waals surface area (Å²) in [6.07, 6.45) is 0. The van der Waals surface area contributed by atoms with Crippen LogP contribution in [0.2, 0.25) is 0 Å². The predicted octanol–water partition coefficient (Wildman–Crippen LogP) is 1.97. The molecule has 2 atom stereocenters. The molecule has 1 fully saturated rings. The first kappa shape index (κ1) is 6.86. The van der Waals surface area contributed by atoms with Gasteiger partial charge in [0.1, 0.15) is 0 Å². The molecule has 1 aliphatic rings. The number of hydrogen-bond acceptors (Lipinski definition) is 1. The zero-order valence-corrected chi connectivity index (χ0v) is 6.75. The van der Waals surface area contributed by atoms with E-state index in [0.717, 1.165) is 5.92 Å². The molecule has 58 valence electrons. The van der Waals surface area contributed by atoms with E-state index in [9.17, 15) is 0 Å². The van der Waals surface area contributed by atoms with Gasteiger partial charge in [0.05, 0.1) is 0 Å². The third kappa shape index (κ3) is 1.16. The minimum atomic E-state index is 0.608. The van der Waals surface area contributed by atoms with Crippen molar-refractivity contribution in [2.75, 3.05) is 6.54 Å². The van der Waals surface area contributed by atoms with E-state index in [0.29, 0.717) is 6.04 Å². The molecule has 0 aliphatic carbocycles. The highest BCUT2D eigenvalue weighted by molar-refractivity contribution is 5.21. The van der Waals surface area contributed by atoms with Gasteiger partial charge in [-0.2, -0.15) is 0 Å². The number of hydrogen-bond donors (Lipinski definition) is 1. The van der Waals surface area contributed by atoms with Crippen LogP contribution in [-0.2, 0) is 0 Å². The summed E-state index contributed by atoms with van der Waals surface area (Å²) in [5, 5.41) is 3.41. The summed E-state index contributed by atoms with van der Waals surface area (Å²) in [5.41, 5.74) is 1.42. The fourth-order valence-corrected chi connectivity index (χ4v) is 1.58. The van der Waals surface area contributed by atoms with Crippen LogP contribution in [0.5, 0.6) is 0 Å². The van der Waals surface area contributed by atoms with Crippen LogP contribution < -0.4 is 5.32 Å². The summed E-state index contributed by atoms with van der Waals surface area (Å²) in [6, 6.07) is 11.2. The van der Waals surface area contributed by atoms with E-state index in [4.69, 9.17) is 0 Å². The molecule has 0 radical (unpaired) electrons. The van der Waals surface area contributed by atoms with Crippen molar-refractivity contribution in [1.82, 2.24) is 5.32 Å². The Labute approximate surface area is 67.4 Å². The lowest BCUT2D eigenvalue weighted by molar-refractivity contribution is 0.258. The van der Waals surface area contributed by atoms with Gasteiger partial charge in [-0.25, -0.2) is 0 Å². The Balaban J connectivity index is 2.17. The predicted molar refractivity (Wildman–Crippen MR) is 46.3 cm³/mol. The Morgan fingerprint density at radius 1 is 1.27 bits per heavy atom. The van der Waals surface area contributed by atoms with Crippen molar-refractivity contribution in [3.63, 3.8) is 0 Å². The van der Waals surface area contributed by atoms with Crippen molar-refractivity contribution in [2.24, 2.45) is 5.92 Å². The molecule has 1 heterocycles. The van der Waals surface area contributed by atoms with Crippen molar-refractivity contribution in [3.8, 4) is 0 Å². The second kappa shape index (κ2) is 2.67. The van der Waals surface area contributed by atoms with Gasteiger partial charge in [-0.15, -0.1) is 0 Å². The molecule has 0 spiro atoms. The Kier molecular flexibility index (Phi) is 1.66. The van der Waals surface area contributed by atoms with E-state index < -0.39 is 0 Å². The van der Waals surface area contributed by atoms with Crippen molar-refractivity contribution in [2.45, 2.75) is 13.0 Å². The molecule has 0 unspecified atom stereocenters. The zero-order valence-electron chi connectivity index (χ0n) is 6.75. The van der Waals surface area contributed by atoms with Crippen LogP contribution >= 0.6 is 0 Å². The van der Waals surface area contributed by atoms with Crippen LogP contribution in [0, 0.1) is 5.92 Å². The van der Waals surface area contributed by atoms with E-state index in [1.54, 1.807) is 0 Å². The molecular weight excluding hydrogens is 134 g/mol. The fourth-order valence-electron chi connectivity index (χ4n) is 1.58. The number of rotatable bonds is 1. The molecule has 1 saturated heterocycles. The van der Waals surface area contributed by atoms with E-state index in [2.05, 4.69) is 42.6 Å². The van der Waals surface area contributed by atoms with Crippen LogP contribution in [0.1, 0.15) is 18.5 Å². The van der Waals surface area contributed by atoms with Gasteiger partial charge in [0.2, 0.25) is 0 Å². The maximum absolute atomic E-state index is 3.41. The minimum Gasteiger partial charge on any atom is -0.309 e. The maximum atomic E-state index is 3.41. The normalized spacial score (nSPS) is 29.5. The van der Waals surface area contributed by atoms with Crippen LogP contribution in [0.3, 0.4) is 0 Å². The van der Waals surface area contributed by atoms with Crippen molar-refractivity contribution >= 4 is 0 Å². The lowest BCUT2D eigenvalue weighted by Crippen LogP contribution is -2.43. The summed E-state index contributed by atoms with van der Waals surface area (Å²) in [5.74, 6) is 0.803. The Morgan fingerprint density at radius 3 is 2.45 bits per heavy atom. The first-order chi connectivity index (χ1) is 5.38. The third-order valence-corrected chi connectivity index (χ3v) is 2.39. The molecule has 0 saturated carbocycles. The second-order valence-electron chi connectivity index (χ2n) is 3.27. The average molecular weight is 147 g/mol. The third-order valence-electron chi connectivity index (χ3n) is 2.39. The fraction of sp³-hybridized carbons (Fsp3) is 0.400. The monoisotopic (exact) mass is 147 g/mol. The molecule has 0 aromatic heterocycles. The van der Waals surface area contributed by atoms with Crippen molar-refractivity contribution in [3.05, 3.63) is 35.9 Å².